The fourth-order valence-electron chi connectivity index (χ4n) is 2.59. The van der Waals surface area contributed by atoms with Gasteiger partial charge in [-0.3, -0.25) is 0 Å². The summed E-state index contributed by atoms with van der Waals surface area (Å²) in [5, 5.41) is 9.18. The topological polar surface area (TPSA) is 69.2 Å². The minimum atomic E-state index is -0.336. The highest BCUT2D eigenvalue weighted by atomic mass is 16.3. The lowest BCUT2D eigenvalue weighted by molar-refractivity contribution is 0.238. The first-order valence-electron chi connectivity index (χ1n) is 6.78. The maximum atomic E-state index is 11.2. The minimum Gasteiger partial charge on any atom is -0.396 e. The number of hydrogen-bond acceptors (Lipinski definition) is 4. The van der Waals surface area contributed by atoms with E-state index >= 15 is 0 Å². The van der Waals surface area contributed by atoms with Crippen LogP contribution in [0.25, 0.3) is 11.3 Å². The predicted octanol–water partition coefficient (Wildman–Crippen LogP) is 1.26. The van der Waals surface area contributed by atoms with Crippen LogP contribution in [0.3, 0.4) is 0 Å². The summed E-state index contributed by atoms with van der Waals surface area (Å²) in [6, 6.07) is 9.82. The number of nitrogens with one attached hydrogen (secondary N) is 1. The number of hydrogen-bond donors (Lipinski definition) is 2. The van der Waals surface area contributed by atoms with Gasteiger partial charge in [-0.15, -0.1) is 0 Å². The molecule has 0 aliphatic carbocycles. The molecule has 2 aromatic rings. The molecule has 0 bridgehead atoms. The zero-order chi connectivity index (χ0) is 13.9. The van der Waals surface area contributed by atoms with E-state index < -0.39 is 0 Å². The van der Waals surface area contributed by atoms with Crippen molar-refractivity contribution in [2.45, 2.75) is 6.42 Å². The number of benzene rings is 1. The number of rotatable bonds is 3. The Hall–Kier alpha value is -2.14. The van der Waals surface area contributed by atoms with Crippen molar-refractivity contribution in [2.75, 3.05) is 24.6 Å². The molecule has 2 N–H and O–H groups in total. The van der Waals surface area contributed by atoms with Gasteiger partial charge in [0.2, 0.25) is 0 Å². The van der Waals surface area contributed by atoms with Crippen LogP contribution in [0.15, 0.2) is 41.3 Å². The lowest BCUT2D eigenvalue weighted by Crippen LogP contribution is -2.20. The second kappa shape index (κ2) is 5.46. The van der Waals surface area contributed by atoms with Crippen molar-refractivity contribution in [1.29, 1.82) is 0 Å². The summed E-state index contributed by atoms with van der Waals surface area (Å²) >= 11 is 0. The van der Waals surface area contributed by atoms with Gasteiger partial charge in [0.05, 0.1) is 5.69 Å². The third-order valence-corrected chi connectivity index (χ3v) is 3.74. The molecule has 1 aromatic heterocycles. The van der Waals surface area contributed by atoms with Gasteiger partial charge in [0.1, 0.15) is 0 Å². The molecule has 1 atom stereocenters. The Morgan fingerprint density at radius 2 is 2.10 bits per heavy atom. The molecule has 1 fully saturated rings. The normalized spacial score (nSPS) is 18.4. The molecule has 104 valence electrons. The van der Waals surface area contributed by atoms with Crippen LogP contribution in [0.2, 0.25) is 0 Å². The molecular weight excluding hydrogens is 254 g/mol. The molecular formula is C15H17N3O2. The van der Waals surface area contributed by atoms with E-state index in [4.69, 9.17) is 0 Å². The van der Waals surface area contributed by atoms with Gasteiger partial charge >= 0.3 is 5.69 Å². The zero-order valence-corrected chi connectivity index (χ0v) is 11.1. The van der Waals surface area contributed by atoms with E-state index in [-0.39, 0.29) is 12.3 Å². The first-order valence-corrected chi connectivity index (χ1v) is 6.78. The minimum absolute atomic E-state index is 0.255. The monoisotopic (exact) mass is 271 g/mol. The van der Waals surface area contributed by atoms with E-state index in [1.165, 1.54) is 0 Å². The highest BCUT2D eigenvalue weighted by molar-refractivity contribution is 5.62. The highest BCUT2D eigenvalue weighted by Gasteiger charge is 2.21. The molecule has 2 heterocycles. The Morgan fingerprint density at radius 3 is 2.75 bits per heavy atom. The van der Waals surface area contributed by atoms with Crippen LogP contribution in [0, 0.1) is 5.92 Å². The molecule has 0 saturated carbocycles. The molecule has 1 aliphatic rings. The van der Waals surface area contributed by atoms with E-state index in [1.54, 1.807) is 12.3 Å². The van der Waals surface area contributed by atoms with Crippen LogP contribution in [0.5, 0.6) is 0 Å². The molecule has 5 nitrogen and oxygen atoms in total. The van der Waals surface area contributed by atoms with Crippen molar-refractivity contribution >= 4 is 5.69 Å². The van der Waals surface area contributed by atoms with Crippen molar-refractivity contribution in [3.8, 4) is 11.3 Å². The quantitative estimate of drug-likeness (QED) is 0.881. The molecule has 0 amide bonds. The van der Waals surface area contributed by atoms with E-state index in [1.807, 2.05) is 24.3 Å². The number of H-pyrrole nitrogens is 1. The van der Waals surface area contributed by atoms with Crippen LogP contribution in [-0.2, 0) is 0 Å². The number of aliphatic hydroxyl groups is 1. The van der Waals surface area contributed by atoms with Crippen LogP contribution < -0.4 is 10.6 Å². The lowest BCUT2D eigenvalue weighted by atomic mass is 10.1. The maximum Gasteiger partial charge on any atom is 0.345 e. The maximum absolute atomic E-state index is 11.2. The summed E-state index contributed by atoms with van der Waals surface area (Å²) in [5.74, 6) is 0.379. The Bertz CT molecular complexity index is 636. The van der Waals surface area contributed by atoms with Gasteiger partial charge < -0.3 is 15.0 Å². The van der Waals surface area contributed by atoms with Gasteiger partial charge in [-0.2, -0.15) is 4.98 Å². The van der Waals surface area contributed by atoms with Crippen molar-refractivity contribution in [3.05, 3.63) is 47.0 Å². The SMILES string of the molecule is O=c1nc(-c2ccc(N3CC[C@@H](CO)C3)cc2)cc[nH]1. The molecule has 5 heteroatoms. The first-order chi connectivity index (χ1) is 9.76. The number of aromatic amines is 1. The number of aromatic nitrogens is 2. The smallest absolute Gasteiger partial charge is 0.345 e. The van der Waals surface area contributed by atoms with Crippen molar-refractivity contribution < 1.29 is 5.11 Å². The average Bonchev–Trinajstić information content (AvgIpc) is 2.96. The summed E-state index contributed by atoms with van der Waals surface area (Å²) in [6.07, 6.45) is 2.64. The largest absolute Gasteiger partial charge is 0.396 e. The van der Waals surface area contributed by atoms with Crippen molar-refractivity contribution in [1.82, 2.24) is 9.97 Å². The van der Waals surface area contributed by atoms with E-state index in [9.17, 15) is 9.90 Å². The Morgan fingerprint density at radius 1 is 1.30 bits per heavy atom. The van der Waals surface area contributed by atoms with Crippen molar-refractivity contribution in [2.24, 2.45) is 5.92 Å². The van der Waals surface area contributed by atoms with Gasteiger partial charge in [0.25, 0.3) is 0 Å². The standard InChI is InChI=1S/C15H17N3O2/c19-10-11-6-8-18(9-11)13-3-1-12(2-4-13)14-5-7-16-15(20)17-14/h1-5,7,11,19H,6,8-10H2,(H,16,17,20)/t11-/m1/s1. The third kappa shape index (κ3) is 2.58. The van der Waals surface area contributed by atoms with E-state index in [2.05, 4.69) is 14.9 Å². The summed E-state index contributed by atoms with van der Waals surface area (Å²) in [7, 11) is 0. The molecule has 0 spiro atoms. The third-order valence-electron chi connectivity index (χ3n) is 3.74. The molecule has 1 aliphatic heterocycles. The highest BCUT2D eigenvalue weighted by Crippen LogP contribution is 2.25. The van der Waals surface area contributed by atoms with Gasteiger partial charge in [-0.1, -0.05) is 12.1 Å². The summed E-state index contributed by atoms with van der Waals surface area (Å²) in [4.78, 5) is 19.9. The van der Waals surface area contributed by atoms with Gasteiger partial charge in [0.15, 0.2) is 0 Å². The molecule has 1 saturated heterocycles. The Balaban J connectivity index is 1.80. The van der Waals surface area contributed by atoms with Gasteiger partial charge in [-0.25, -0.2) is 4.79 Å². The van der Waals surface area contributed by atoms with E-state index in [0.29, 0.717) is 11.6 Å². The van der Waals surface area contributed by atoms with Crippen LogP contribution in [0.4, 0.5) is 5.69 Å². The Labute approximate surface area is 116 Å². The molecule has 0 unspecified atom stereocenters. The van der Waals surface area contributed by atoms with Crippen LogP contribution >= 0.6 is 0 Å². The number of nitrogens with zero attached hydrogens (tertiary/aromatic N) is 2. The molecule has 20 heavy (non-hydrogen) atoms. The van der Waals surface area contributed by atoms with Gasteiger partial charge in [0, 0.05) is 43.1 Å². The summed E-state index contributed by atoms with van der Waals surface area (Å²) in [5.41, 5.74) is 2.42. The number of aliphatic hydroxyl groups excluding tert-OH is 1. The molecule has 1 aromatic carbocycles. The molecule has 0 radical (unpaired) electrons. The molecule has 3 rings (SSSR count). The van der Waals surface area contributed by atoms with Crippen LogP contribution in [0.1, 0.15) is 6.42 Å². The van der Waals surface area contributed by atoms with Crippen LogP contribution in [-0.4, -0.2) is 34.8 Å². The fraction of sp³-hybridized carbons (Fsp3) is 0.333. The number of anilines is 1. The first kappa shape index (κ1) is 12.9. The lowest BCUT2D eigenvalue weighted by Gasteiger charge is -2.18. The summed E-state index contributed by atoms with van der Waals surface area (Å²) < 4.78 is 0. The average molecular weight is 271 g/mol. The second-order valence-electron chi connectivity index (χ2n) is 5.11. The summed E-state index contributed by atoms with van der Waals surface area (Å²) in [6.45, 7) is 2.14. The second-order valence-corrected chi connectivity index (χ2v) is 5.11. The predicted molar refractivity (Wildman–Crippen MR) is 77.7 cm³/mol. The zero-order valence-electron chi connectivity index (χ0n) is 11.1. The van der Waals surface area contributed by atoms with Gasteiger partial charge in [-0.05, 0) is 24.6 Å². The fourth-order valence-corrected chi connectivity index (χ4v) is 2.59. The Kier molecular flexibility index (Phi) is 3.52. The van der Waals surface area contributed by atoms with E-state index in [0.717, 1.165) is 30.8 Å². The van der Waals surface area contributed by atoms with Crippen molar-refractivity contribution in [3.63, 3.8) is 0 Å².